The van der Waals surface area contributed by atoms with Crippen molar-refractivity contribution >= 4 is 11.9 Å². The number of nitrogens with zero attached hydrogens (tertiary/aromatic N) is 3. The van der Waals surface area contributed by atoms with E-state index in [1.54, 1.807) is 11.1 Å². The first-order valence-electron chi connectivity index (χ1n) is 7.00. The molecule has 6 heteroatoms. The zero-order valence-electron chi connectivity index (χ0n) is 12.1. The van der Waals surface area contributed by atoms with Crippen LogP contribution >= 0.6 is 0 Å². The van der Waals surface area contributed by atoms with Crippen LogP contribution < -0.4 is 10.6 Å². The molecule has 0 saturated carbocycles. The fraction of sp³-hybridized carbons (Fsp3) is 0.571. The molecule has 1 aliphatic heterocycles. The number of rotatable bonds is 3. The number of carbonyl (C=O) groups excluding carboxylic acids is 1. The summed E-state index contributed by atoms with van der Waals surface area (Å²) in [6, 6.07) is 3.95. The molecule has 20 heavy (non-hydrogen) atoms. The third kappa shape index (κ3) is 3.39. The molecular formula is C14H22N4O2. The van der Waals surface area contributed by atoms with E-state index in [2.05, 4.69) is 9.88 Å². The molecule has 0 aromatic carbocycles. The largest absolute Gasteiger partial charge is 0.450 e. The summed E-state index contributed by atoms with van der Waals surface area (Å²) in [5, 5.41) is 0. The zero-order chi connectivity index (χ0) is 14.5. The average Bonchev–Trinajstić information content (AvgIpc) is 2.48. The van der Waals surface area contributed by atoms with E-state index in [4.69, 9.17) is 10.5 Å². The van der Waals surface area contributed by atoms with Crippen LogP contribution in [0.1, 0.15) is 25.5 Å². The van der Waals surface area contributed by atoms with Gasteiger partial charge in [-0.3, -0.25) is 0 Å². The number of nitrogens with two attached hydrogens (primary N) is 1. The van der Waals surface area contributed by atoms with E-state index in [9.17, 15) is 4.79 Å². The molecule has 0 spiro atoms. The molecule has 1 aliphatic rings. The Morgan fingerprint density at radius 2 is 2.15 bits per heavy atom. The van der Waals surface area contributed by atoms with Gasteiger partial charge in [-0.2, -0.15) is 0 Å². The Hall–Kier alpha value is -1.82. The highest BCUT2D eigenvalue weighted by molar-refractivity contribution is 5.68. The van der Waals surface area contributed by atoms with Crippen LogP contribution in [0.25, 0.3) is 0 Å². The summed E-state index contributed by atoms with van der Waals surface area (Å²) in [4.78, 5) is 19.9. The number of amides is 1. The lowest BCUT2D eigenvalue weighted by Gasteiger charge is -2.34. The van der Waals surface area contributed by atoms with Crippen LogP contribution in [0.15, 0.2) is 18.3 Å². The van der Waals surface area contributed by atoms with Crippen LogP contribution in [-0.2, 0) is 4.74 Å². The summed E-state index contributed by atoms with van der Waals surface area (Å²) < 4.78 is 5.01. The van der Waals surface area contributed by atoms with Gasteiger partial charge in [0.2, 0.25) is 0 Å². The molecule has 0 unspecified atom stereocenters. The molecule has 6 nitrogen and oxygen atoms in total. The summed E-state index contributed by atoms with van der Waals surface area (Å²) in [5.74, 6) is 0.920. The van der Waals surface area contributed by atoms with Gasteiger partial charge >= 0.3 is 6.09 Å². The first-order chi connectivity index (χ1) is 9.61. The van der Waals surface area contributed by atoms with Crippen molar-refractivity contribution in [2.45, 2.75) is 19.9 Å². The lowest BCUT2D eigenvalue weighted by Crippen LogP contribution is -2.49. The van der Waals surface area contributed by atoms with Gasteiger partial charge in [0, 0.05) is 38.4 Å². The zero-order valence-corrected chi connectivity index (χ0v) is 12.1. The highest BCUT2D eigenvalue weighted by Gasteiger charge is 2.22. The number of carbonyl (C=O) groups is 1. The van der Waals surface area contributed by atoms with Gasteiger partial charge < -0.3 is 20.3 Å². The lowest BCUT2D eigenvalue weighted by molar-refractivity contribution is 0.105. The van der Waals surface area contributed by atoms with Crippen molar-refractivity contribution in [3.63, 3.8) is 0 Å². The molecule has 1 aromatic heterocycles. The Balaban J connectivity index is 1.97. The number of anilines is 1. The maximum absolute atomic E-state index is 11.6. The number of pyridine rings is 1. The second kappa shape index (κ2) is 6.56. The molecule has 0 aliphatic carbocycles. The average molecular weight is 278 g/mol. The minimum absolute atomic E-state index is 0.00225. The van der Waals surface area contributed by atoms with Crippen LogP contribution in [0.5, 0.6) is 0 Å². The first kappa shape index (κ1) is 14.6. The van der Waals surface area contributed by atoms with Crippen molar-refractivity contribution in [1.29, 1.82) is 0 Å². The van der Waals surface area contributed by atoms with Gasteiger partial charge in [-0.05, 0) is 31.5 Å². The summed E-state index contributed by atoms with van der Waals surface area (Å²) in [6.07, 6.45) is 1.55. The van der Waals surface area contributed by atoms with Gasteiger partial charge in [0.25, 0.3) is 0 Å². The van der Waals surface area contributed by atoms with Gasteiger partial charge in [-0.1, -0.05) is 0 Å². The summed E-state index contributed by atoms with van der Waals surface area (Å²) in [5.41, 5.74) is 6.96. The quantitative estimate of drug-likeness (QED) is 0.904. The van der Waals surface area contributed by atoms with Crippen LogP contribution in [0.4, 0.5) is 10.6 Å². The highest BCUT2D eigenvalue weighted by atomic mass is 16.6. The van der Waals surface area contributed by atoms with E-state index >= 15 is 0 Å². The Morgan fingerprint density at radius 1 is 1.45 bits per heavy atom. The number of ether oxygens (including phenoxy) is 1. The Kier molecular flexibility index (Phi) is 4.79. The summed E-state index contributed by atoms with van der Waals surface area (Å²) in [6.45, 7) is 7.01. The fourth-order valence-electron chi connectivity index (χ4n) is 2.22. The van der Waals surface area contributed by atoms with Crippen molar-refractivity contribution in [3.8, 4) is 0 Å². The van der Waals surface area contributed by atoms with Crippen molar-refractivity contribution < 1.29 is 9.53 Å². The maximum Gasteiger partial charge on any atom is 0.409 e. The van der Waals surface area contributed by atoms with Crippen LogP contribution in [0.3, 0.4) is 0 Å². The van der Waals surface area contributed by atoms with Gasteiger partial charge in [0.15, 0.2) is 0 Å². The minimum atomic E-state index is -0.232. The van der Waals surface area contributed by atoms with E-state index in [0.29, 0.717) is 19.7 Å². The van der Waals surface area contributed by atoms with Gasteiger partial charge in [0.05, 0.1) is 6.61 Å². The normalized spacial score (nSPS) is 16.9. The maximum atomic E-state index is 11.6. The molecule has 2 rings (SSSR count). The van der Waals surface area contributed by atoms with Crippen LogP contribution in [0, 0.1) is 0 Å². The predicted octanol–water partition coefficient (Wildman–Crippen LogP) is 1.38. The molecule has 1 atom stereocenters. The smallest absolute Gasteiger partial charge is 0.409 e. The molecule has 1 saturated heterocycles. The van der Waals surface area contributed by atoms with Gasteiger partial charge in [-0.25, -0.2) is 9.78 Å². The standard InChI is InChI=1S/C14H22N4O2/c1-3-20-14(19)18-8-6-17(7-9-18)13-10-12(11(2)15)4-5-16-13/h4-5,10-11H,3,6-9,15H2,1-2H3/t11-/m1/s1. The van der Waals surface area contributed by atoms with E-state index < -0.39 is 0 Å². The molecule has 1 amide bonds. The third-order valence-corrected chi connectivity index (χ3v) is 3.43. The lowest BCUT2D eigenvalue weighted by atomic mass is 10.1. The first-order valence-corrected chi connectivity index (χ1v) is 7.00. The van der Waals surface area contributed by atoms with Crippen molar-refractivity contribution in [2.24, 2.45) is 5.73 Å². The monoisotopic (exact) mass is 278 g/mol. The molecule has 110 valence electrons. The van der Waals surface area contributed by atoms with Gasteiger partial charge in [0.1, 0.15) is 5.82 Å². The number of hydrogen-bond acceptors (Lipinski definition) is 5. The third-order valence-electron chi connectivity index (χ3n) is 3.43. The predicted molar refractivity (Wildman–Crippen MR) is 77.6 cm³/mol. The summed E-state index contributed by atoms with van der Waals surface area (Å²) >= 11 is 0. The van der Waals surface area contributed by atoms with Gasteiger partial charge in [-0.15, -0.1) is 0 Å². The number of hydrogen-bond donors (Lipinski definition) is 1. The Bertz CT molecular complexity index is 456. The molecule has 1 aromatic rings. The second-order valence-electron chi connectivity index (χ2n) is 4.91. The van der Waals surface area contributed by atoms with Crippen molar-refractivity contribution in [2.75, 3.05) is 37.7 Å². The van der Waals surface area contributed by atoms with E-state index in [-0.39, 0.29) is 12.1 Å². The number of aromatic nitrogens is 1. The SMILES string of the molecule is CCOC(=O)N1CCN(c2cc([C@@H](C)N)ccn2)CC1. The second-order valence-corrected chi connectivity index (χ2v) is 4.91. The highest BCUT2D eigenvalue weighted by Crippen LogP contribution is 2.18. The molecule has 1 fully saturated rings. The van der Waals surface area contributed by atoms with E-state index in [0.717, 1.165) is 24.5 Å². The van der Waals surface area contributed by atoms with Crippen molar-refractivity contribution in [1.82, 2.24) is 9.88 Å². The van der Waals surface area contributed by atoms with Crippen LogP contribution in [0.2, 0.25) is 0 Å². The van der Waals surface area contributed by atoms with Crippen LogP contribution in [-0.4, -0.2) is 48.8 Å². The summed E-state index contributed by atoms with van der Waals surface area (Å²) in [7, 11) is 0. The van der Waals surface area contributed by atoms with Crippen molar-refractivity contribution in [3.05, 3.63) is 23.9 Å². The molecule has 0 bridgehead atoms. The Morgan fingerprint density at radius 3 is 2.75 bits per heavy atom. The minimum Gasteiger partial charge on any atom is -0.450 e. The topological polar surface area (TPSA) is 71.7 Å². The fourth-order valence-corrected chi connectivity index (χ4v) is 2.22. The molecular weight excluding hydrogens is 256 g/mol. The number of piperazine rings is 1. The molecule has 0 radical (unpaired) electrons. The Labute approximate surface area is 119 Å². The van der Waals surface area contributed by atoms with E-state index in [1.807, 2.05) is 26.0 Å². The van der Waals surface area contributed by atoms with E-state index in [1.165, 1.54) is 0 Å². The molecule has 2 heterocycles. The molecule has 2 N–H and O–H groups in total.